The SMILES string of the molecule is CCc1cc2c(cc1OC)[C@]1(C)C=CC(=O)C(C)(C)C1C(=O)C2=O. The summed E-state index contributed by atoms with van der Waals surface area (Å²) in [7, 11) is 1.60. The molecule has 4 heteroatoms. The number of carbonyl (C=O) groups is 3. The van der Waals surface area contributed by atoms with E-state index in [2.05, 4.69) is 0 Å². The van der Waals surface area contributed by atoms with E-state index in [1.807, 2.05) is 19.9 Å². The fourth-order valence-electron chi connectivity index (χ4n) is 4.29. The Kier molecular flexibility index (Phi) is 3.55. The zero-order valence-electron chi connectivity index (χ0n) is 14.7. The number of hydrogen-bond donors (Lipinski definition) is 0. The van der Waals surface area contributed by atoms with Gasteiger partial charge in [-0.3, -0.25) is 14.4 Å². The van der Waals surface area contributed by atoms with Gasteiger partial charge in [0, 0.05) is 16.4 Å². The van der Waals surface area contributed by atoms with Crippen molar-refractivity contribution >= 4 is 17.3 Å². The van der Waals surface area contributed by atoms with Crippen molar-refractivity contribution < 1.29 is 19.1 Å². The van der Waals surface area contributed by atoms with E-state index in [4.69, 9.17) is 4.74 Å². The Morgan fingerprint density at radius 1 is 1.12 bits per heavy atom. The highest BCUT2D eigenvalue weighted by atomic mass is 16.5. The number of allylic oxidation sites excluding steroid dienone is 2. The molecule has 0 heterocycles. The van der Waals surface area contributed by atoms with Crippen LogP contribution in [0.5, 0.6) is 5.75 Å². The number of fused-ring (bicyclic) bond motifs is 3. The summed E-state index contributed by atoms with van der Waals surface area (Å²) in [5.74, 6) is -1.08. The van der Waals surface area contributed by atoms with Crippen molar-refractivity contribution in [3.8, 4) is 5.75 Å². The average Bonchev–Trinajstić information content (AvgIpc) is 2.55. The van der Waals surface area contributed by atoms with Crippen LogP contribution in [0.4, 0.5) is 0 Å². The van der Waals surface area contributed by atoms with Gasteiger partial charge in [-0.25, -0.2) is 0 Å². The second-order valence-corrected chi connectivity index (χ2v) is 7.39. The molecule has 3 rings (SSSR count). The van der Waals surface area contributed by atoms with Crippen LogP contribution in [-0.4, -0.2) is 24.5 Å². The molecule has 2 aliphatic carbocycles. The average molecular weight is 326 g/mol. The largest absolute Gasteiger partial charge is 0.496 e. The molecule has 0 amide bonds. The van der Waals surface area contributed by atoms with Crippen LogP contribution >= 0.6 is 0 Å². The number of aryl methyl sites for hydroxylation is 1. The lowest BCUT2D eigenvalue weighted by molar-refractivity contribution is -0.136. The number of Topliss-reactive ketones (excluding diaryl/α,β-unsaturated/α-hetero) is 2. The van der Waals surface area contributed by atoms with Crippen LogP contribution in [0.1, 0.15) is 49.2 Å². The molecular formula is C20H22O4. The molecule has 4 nitrogen and oxygen atoms in total. The quantitative estimate of drug-likeness (QED) is 0.784. The highest BCUT2D eigenvalue weighted by Crippen LogP contribution is 2.52. The lowest BCUT2D eigenvalue weighted by Crippen LogP contribution is -2.56. The first-order chi connectivity index (χ1) is 11.2. The Morgan fingerprint density at radius 3 is 2.38 bits per heavy atom. The number of benzene rings is 1. The van der Waals surface area contributed by atoms with Crippen LogP contribution < -0.4 is 4.74 Å². The molecule has 0 fully saturated rings. The topological polar surface area (TPSA) is 60.4 Å². The summed E-state index contributed by atoms with van der Waals surface area (Å²) >= 11 is 0. The maximum absolute atomic E-state index is 12.9. The van der Waals surface area contributed by atoms with Gasteiger partial charge in [-0.2, -0.15) is 0 Å². The first-order valence-electron chi connectivity index (χ1n) is 8.22. The molecule has 0 N–H and O–H groups in total. The van der Waals surface area contributed by atoms with Crippen LogP contribution in [0.25, 0.3) is 0 Å². The van der Waals surface area contributed by atoms with E-state index in [0.29, 0.717) is 17.7 Å². The Balaban J connectivity index is 2.36. The van der Waals surface area contributed by atoms with Gasteiger partial charge in [0.25, 0.3) is 0 Å². The van der Waals surface area contributed by atoms with Crippen LogP contribution in [0.3, 0.4) is 0 Å². The molecule has 0 bridgehead atoms. The van der Waals surface area contributed by atoms with E-state index in [-0.39, 0.29) is 5.78 Å². The van der Waals surface area contributed by atoms with Crippen molar-refractivity contribution in [3.05, 3.63) is 41.0 Å². The minimum atomic E-state index is -0.912. The molecular weight excluding hydrogens is 304 g/mol. The number of ketones is 3. The maximum atomic E-state index is 12.9. The summed E-state index contributed by atoms with van der Waals surface area (Å²) in [6.45, 7) is 7.40. The summed E-state index contributed by atoms with van der Waals surface area (Å²) < 4.78 is 5.47. The fraction of sp³-hybridized carbons (Fsp3) is 0.450. The predicted octanol–water partition coefficient (Wildman–Crippen LogP) is 3.06. The van der Waals surface area contributed by atoms with Crippen molar-refractivity contribution in [1.82, 2.24) is 0 Å². The highest BCUT2D eigenvalue weighted by molar-refractivity contribution is 6.46. The number of ether oxygens (including phenoxy) is 1. The van der Waals surface area contributed by atoms with Crippen molar-refractivity contribution in [2.75, 3.05) is 7.11 Å². The smallest absolute Gasteiger partial charge is 0.229 e. The molecule has 0 radical (unpaired) electrons. The van der Waals surface area contributed by atoms with Crippen LogP contribution in [0.2, 0.25) is 0 Å². The van der Waals surface area contributed by atoms with Crippen molar-refractivity contribution in [3.63, 3.8) is 0 Å². The second-order valence-electron chi connectivity index (χ2n) is 7.39. The van der Waals surface area contributed by atoms with E-state index >= 15 is 0 Å². The Labute approximate surface area is 141 Å². The summed E-state index contributed by atoms with van der Waals surface area (Å²) in [6, 6.07) is 3.63. The van der Waals surface area contributed by atoms with Gasteiger partial charge < -0.3 is 4.74 Å². The van der Waals surface area contributed by atoms with E-state index in [1.54, 1.807) is 39.2 Å². The number of hydrogen-bond acceptors (Lipinski definition) is 4. The molecule has 0 saturated carbocycles. The summed E-state index contributed by atoms with van der Waals surface area (Å²) in [6.07, 6.45) is 4.03. The van der Waals surface area contributed by atoms with Gasteiger partial charge in [0.1, 0.15) is 5.75 Å². The van der Waals surface area contributed by atoms with Gasteiger partial charge in [-0.15, -0.1) is 0 Å². The van der Waals surface area contributed by atoms with Crippen LogP contribution in [0, 0.1) is 11.3 Å². The third-order valence-corrected chi connectivity index (χ3v) is 5.65. The van der Waals surface area contributed by atoms with Gasteiger partial charge in [0.05, 0.1) is 13.0 Å². The predicted molar refractivity (Wildman–Crippen MR) is 90.5 cm³/mol. The molecule has 126 valence electrons. The van der Waals surface area contributed by atoms with Gasteiger partial charge in [0.2, 0.25) is 11.6 Å². The molecule has 24 heavy (non-hydrogen) atoms. The zero-order chi connectivity index (χ0) is 17.9. The second kappa shape index (κ2) is 5.13. The van der Waals surface area contributed by atoms with E-state index in [0.717, 1.165) is 11.1 Å². The molecule has 0 saturated heterocycles. The van der Waals surface area contributed by atoms with E-state index in [1.165, 1.54) is 0 Å². The van der Waals surface area contributed by atoms with Gasteiger partial charge in [-0.1, -0.05) is 33.8 Å². The summed E-state index contributed by atoms with van der Waals surface area (Å²) in [5.41, 5.74) is 0.491. The van der Waals surface area contributed by atoms with Gasteiger partial charge in [0.15, 0.2) is 5.78 Å². The van der Waals surface area contributed by atoms with E-state index < -0.39 is 28.3 Å². The lowest BCUT2D eigenvalue weighted by atomic mass is 9.51. The highest BCUT2D eigenvalue weighted by Gasteiger charge is 2.58. The molecule has 1 aromatic carbocycles. The summed E-state index contributed by atoms with van der Waals surface area (Å²) in [5, 5.41) is 0. The lowest BCUT2D eigenvalue weighted by Gasteiger charge is -2.48. The molecule has 1 aromatic rings. The first-order valence-corrected chi connectivity index (χ1v) is 8.22. The molecule has 0 aliphatic heterocycles. The molecule has 2 atom stereocenters. The Hall–Kier alpha value is -2.23. The number of carbonyl (C=O) groups excluding carboxylic acids is 3. The van der Waals surface area contributed by atoms with Crippen LogP contribution in [-0.2, 0) is 21.4 Å². The van der Waals surface area contributed by atoms with Crippen molar-refractivity contribution in [1.29, 1.82) is 0 Å². The number of rotatable bonds is 2. The molecule has 0 aromatic heterocycles. The van der Waals surface area contributed by atoms with Crippen LogP contribution in [0.15, 0.2) is 24.3 Å². The van der Waals surface area contributed by atoms with Gasteiger partial charge in [-0.05, 0) is 35.8 Å². The molecule has 0 spiro atoms. The maximum Gasteiger partial charge on any atom is 0.229 e. The minimum absolute atomic E-state index is 0.119. The van der Waals surface area contributed by atoms with Crippen molar-refractivity contribution in [2.24, 2.45) is 11.3 Å². The molecule has 2 aliphatic rings. The zero-order valence-corrected chi connectivity index (χ0v) is 14.7. The monoisotopic (exact) mass is 326 g/mol. The molecule has 1 unspecified atom stereocenters. The van der Waals surface area contributed by atoms with Crippen molar-refractivity contribution in [2.45, 2.75) is 39.5 Å². The third kappa shape index (κ3) is 1.95. The normalized spacial score (nSPS) is 27.7. The third-order valence-electron chi connectivity index (χ3n) is 5.65. The first kappa shape index (κ1) is 16.6. The van der Waals surface area contributed by atoms with Gasteiger partial charge >= 0.3 is 0 Å². The Bertz CT molecular complexity index is 800. The minimum Gasteiger partial charge on any atom is -0.496 e. The number of methoxy groups -OCH3 is 1. The standard InChI is InChI=1S/C20H22O4/c1-6-11-9-12-13(10-14(11)24-5)20(4)8-7-15(21)19(2,3)18(20)17(23)16(12)22/h7-10,18H,6H2,1-5H3/t18?,20-/m0/s1. The summed E-state index contributed by atoms with van der Waals surface area (Å²) in [4.78, 5) is 38.0. The fourth-order valence-corrected chi connectivity index (χ4v) is 4.29. The van der Waals surface area contributed by atoms with E-state index in [9.17, 15) is 14.4 Å². The Morgan fingerprint density at radius 2 is 1.79 bits per heavy atom.